The molecule has 0 amide bonds. The number of aliphatic hydroxyl groups is 3. The van der Waals surface area contributed by atoms with Crippen LogP contribution in [0, 0.1) is 0 Å². The van der Waals surface area contributed by atoms with Crippen LogP contribution in [0.1, 0.15) is 51.9 Å². The highest BCUT2D eigenvalue weighted by Crippen LogP contribution is 2.25. The molecule has 1 aliphatic heterocycles. The molecule has 1 rings (SSSR count). The van der Waals surface area contributed by atoms with Crippen molar-refractivity contribution in [2.75, 3.05) is 0 Å². The summed E-state index contributed by atoms with van der Waals surface area (Å²) in [5.41, 5.74) is 0. The number of carboxylic acid groups (broad SMARTS) is 1. The standard InChI is InChI=1S/C22H34O6/c1-2-3-4-5-6-7-8-9-10-11-17(23)12-14-20-19(25)16-21(28-20)18(24)13-15-22(26)27/h3-4,6-7,9-10,12,14,17-21,23-25H,2,5,8,11,13,15-16H2,1H3,(H,26,27)/b4-3-,7-6-,10-9-,14-12+/t17-,18+,19-,20+,21+/m1/s1. The maximum absolute atomic E-state index is 10.6. The third-order valence-corrected chi connectivity index (χ3v) is 4.45. The van der Waals surface area contributed by atoms with Gasteiger partial charge in [-0.15, -0.1) is 0 Å². The lowest BCUT2D eigenvalue weighted by molar-refractivity contribution is -0.138. The predicted octanol–water partition coefficient (Wildman–Crippen LogP) is 2.90. The smallest absolute Gasteiger partial charge is 0.303 e. The van der Waals surface area contributed by atoms with E-state index in [1.807, 2.05) is 12.2 Å². The number of carbonyl (C=O) groups is 1. The van der Waals surface area contributed by atoms with Gasteiger partial charge in [0.05, 0.1) is 24.4 Å². The first-order valence-corrected chi connectivity index (χ1v) is 9.98. The molecule has 0 aromatic heterocycles. The Morgan fingerprint density at radius 2 is 1.75 bits per heavy atom. The van der Waals surface area contributed by atoms with Crippen LogP contribution in [0.25, 0.3) is 0 Å². The second-order valence-electron chi connectivity index (χ2n) is 6.92. The number of carboxylic acids is 1. The van der Waals surface area contributed by atoms with Crippen LogP contribution >= 0.6 is 0 Å². The van der Waals surface area contributed by atoms with Gasteiger partial charge in [0, 0.05) is 12.8 Å². The average molecular weight is 395 g/mol. The van der Waals surface area contributed by atoms with E-state index < -0.39 is 36.5 Å². The van der Waals surface area contributed by atoms with Crippen LogP contribution in [0.15, 0.2) is 48.6 Å². The van der Waals surface area contributed by atoms with Crippen molar-refractivity contribution in [2.24, 2.45) is 0 Å². The summed E-state index contributed by atoms with van der Waals surface area (Å²) >= 11 is 0. The highest BCUT2D eigenvalue weighted by Gasteiger charge is 2.36. The molecule has 0 unspecified atom stereocenters. The molecule has 6 heteroatoms. The van der Waals surface area contributed by atoms with E-state index in [1.54, 1.807) is 12.2 Å². The number of ether oxygens (including phenoxy) is 1. The van der Waals surface area contributed by atoms with Gasteiger partial charge >= 0.3 is 5.97 Å². The molecule has 1 heterocycles. The van der Waals surface area contributed by atoms with E-state index >= 15 is 0 Å². The summed E-state index contributed by atoms with van der Waals surface area (Å²) in [4.78, 5) is 10.6. The fourth-order valence-corrected chi connectivity index (χ4v) is 2.86. The van der Waals surface area contributed by atoms with Gasteiger partial charge < -0.3 is 25.2 Å². The fraction of sp³-hybridized carbons (Fsp3) is 0.591. The van der Waals surface area contributed by atoms with E-state index in [9.17, 15) is 20.1 Å². The van der Waals surface area contributed by atoms with Crippen molar-refractivity contribution < 1.29 is 30.0 Å². The van der Waals surface area contributed by atoms with Crippen LogP contribution in [-0.4, -0.2) is 56.9 Å². The number of aliphatic hydroxyl groups excluding tert-OH is 3. The molecular weight excluding hydrogens is 360 g/mol. The number of rotatable bonds is 13. The zero-order valence-corrected chi connectivity index (χ0v) is 16.6. The lowest BCUT2D eigenvalue weighted by Crippen LogP contribution is -2.26. The maximum Gasteiger partial charge on any atom is 0.303 e. The van der Waals surface area contributed by atoms with Crippen LogP contribution in [-0.2, 0) is 9.53 Å². The van der Waals surface area contributed by atoms with Gasteiger partial charge in [-0.1, -0.05) is 55.5 Å². The van der Waals surface area contributed by atoms with Crippen molar-refractivity contribution in [1.82, 2.24) is 0 Å². The summed E-state index contributed by atoms with van der Waals surface area (Å²) in [7, 11) is 0. The van der Waals surface area contributed by atoms with Gasteiger partial charge in [-0.2, -0.15) is 0 Å². The van der Waals surface area contributed by atoms with Crippen LogP contribution in [0.3, 0.4) is 0 Å². The van der Waals surface area contributed by atoms with Crippen molar-refractivity contribution in [2.45, 2.75) is 82.4 Å². The molecule has 0 aromatic rings. The molecular formula is C22H34O6. The zero-order valence-electron chi connectivity index (χ0n) is 16.6. The topological polar surface area (TPSA) is 107 Å². The van der Waals surface area contributed by atoms with Crippen LogP contribution < -0.4 is 0 Å². The first-order chi connectivity index (χ1) is 13.4. The van der Waals surface area contributed by atoms with Gasteiger partial charge in [0.25, 0.3) is 0 Å². The van der Waals surface area contributed by atoms with Gasteiger partial charge in [-0.25, -0.2) is 0 Å². The Hall–Kier alpha value is -1.73. The van der Waals surface area contributed by atoms with Gasteiger partial charge in [0.15, 0.2) is 0 Å². The van der Waals surface area contributed by atoms with E-state index in [0.29, 0.717) is 6.42 Å². The molecule has 6 nitrogen and oxygen atoms in total. The third-order valence-electron chi connectivity index (χ3n) is 4.45. The van der Waals surface area contributed by atoms with Crippen molar-refractivity contribution >= 4 is 5.97 Å². The number of hydrogen-bond donors (Lipinski definition) is 4. The summed E-state index contributed by atoms with van der Waals surface area (Å²) in [6.07, 6.45) is 15.4. The molecule has 0 saturated carbocycles. The minimum absolute atomic E-state index is 0.0832. The van der Waals surface area contributed by atoms with Crippen molar-refractivity contribution in [3.05, 3.63) is 48.6 Å². The monoisotopic (exact) mass is 394 g/mol. The normalized spacial score (nSPS) is 25.5. The molecule has 5 atom stereocenters. The molecule has 4 N–H and O–H groups in total. The zero-order chi connectivity index (χ0) is 20.8. The fourth-order valence-electron chi connectivity index (χ4n) is 2.86. The van der Waals surface area contributed by atoms with E-state index in [4.69, 9.17) is 9.84 Å². The number of allylic oxidation sites excluding steroid dienone is 5. The van der Waals surface area contributed by atoms with Crippen molar-refractivity contribution in [3.8, 4) is 0 Å². The Balaban J connectivity index is 2.29. The van der Waals surface area contributed by atoms with Gasteiger partial charge in [0.2, 0.25) is 0 Å². The SMILES string of the molecule is CC/C=C\C/C=C\C/C=C\C[C@@H](O)/C=C/[C@@H]1O[C@H]([C@@H](O)CCC(=O)O)C[C@H]1O. The van der Waals surface area contributed by atoms with E-state index in [-0.39, 0.29) is 19.3 Å². The second-order valence-corrected chi connectivity index (χ2v) is 6.92. The lowest BCUT2D eigenvalue weighted by Gasteiger charge is -2.17. The molecule has 158 valence electrons. The van der Waals surface area contributed by atoms with Crippen molar-refractivity contribution in [1.29, 1.82) is 0 Å². The Labute approximate surface area is 167 Å². The number of hydrogen-bond acceptors (Lipinski definition) is 5. The summed E-state index contributed by atoms with van der Waals surface area (Å²) in [5.74, 6) is -0.978. The van der Waals surface area contributed by atoms with Crippen LogP contribution in [0.4, 0.5) is 0 Å². The highest BCUT2D eigenvalue weighted by molar-refractivity contribution is 5.66. The van der Waals surface area contributed by atoms with E-state index in [0.717, 1.165) is 19.3 Å². The molecule has 1 aliphatic rings. The second kappa shape index (κ2) is 14.3. The Kier molecular flexibility index (Phi) is 12.4. The van der Waals surface area contributed by atoms with E-state index in [1.165, 1.54) is 0 Å². The maximum atomic E-state index is 10.6. The summed E-state index contributed by atoms with van der Waals surface area (Å²) in [6.45, 7) is 2.10. The highest BCUT2D eigenvalue weighted by atomic mass is 16.5. The molecule has 1 fully saturated rings. The molecule has 0 radical (unpaired) electrons. The van der Waals surface area contributed by atoms with Crippen molar-refractivity contribution in [3.63, 3.8) is 0 Å². The summed E-state index contributed by atoms with van der Waals surface area (Å²) in [5, 5.41) is 38.7. The van der Waals surface area contributed by atoms with Crippen LogP contribution in [0.5, 0.6) is 0 Å². The molecule has 0 spiro atoms. The Bertz CT molecular complexity index is 551. The van der Waals surface area contributed by atoms with Crippen LogP contribution in [0.2, 0.25) is 0 Å². The minimum Gasteiger partial charge on any atom is -0.481 e. The summed E-state index contributed by atoms with van der Waals surface area (Å²) < 4.78 is 5.59. The largest absolute Gasteiger partial charge is 0.481 e. The minimum atomic E-state index is -0.978. The molecule has 1 saturated heterocycles. The number of aliphatic carboxylic acids is 1. The van der Waals surface area contributed by atoms with Gasteiger partial charge in [-0.05, 0) is 32.1 Å². The average Bonchev–Trinajstić information content (AvgIpc) is 3.04. The molecule has 0 aliphatic carbocycles. The third kappa shape index (κ3) is 10.6. The quantitative estimate of drug-likeness (QED) is 0.358. The molecule has 28 heavy (non-hydrogen) atoms. The lowest BCUT2D eigenvalue weighted by atomic mass is 10.0. The van der Waals surface area contributed by atoms with E-state index in [2.05, 4.69) is 31.2 Å². The molecule has 0 bridgehead atoms. The van der Waals surface area contributed by atoms with Gasteiger partial charge in [0.1, 0.15) is 6.10 Å². The summed E-state index contributed by atoms with van der Waals surface area (Å²) in [6, 6.07) is 0. The van der Waals surface area contributed by atoms with Gasteiger partial charge in [-0.3, -0.25) is 4.79 Å². The predicted molar refractivity (Wildman–Crippen MR) is 109 cm³/mol. The Morgan fingerprint density at radius 1 is 1.11 bits per heavy atom. The molecule has 0 aromatic carbocycles. The first-order valence-electron chi connectivity index (χ1n) is 9.98. The Morgan fingerprint density at radius 3 is 2.39 bits per heavy atom. The first kappa shape index (κ1) is 24.3.